The molecule has 0 aromatic heterocycles. The number of amides is 1. The second-order valence-electron chi connectivity index (χ2n) is 4.94. The van der Waals surface area contributed by atoms with Crippen molar-refractivity contribution in [3.8, 4) is 0 Å². The molecule has 16 heavy (non-hydrogen) atoms. The molecule has 1 aliphatic carbocycles. The number of nitrogens with one attached hydrogen (secondary N) is 1. The van der Waals surface area contributed by atoms with Crippen molar-refractivity contribution in [2.45, 2.75) is 44.6 Å². The van der Waals surface area contributed by atoms with Crippen LogP contribution in [0.25, 0.3) is 0 Å². The van der Waals surface area contributed by atoms with E-state index in [0.717, 1.165) is 32.4 Å². The van der Waals surface area contributed by atoms with Gasteiger partial charge >= 0.3 is 0 Å². The second-order valence-corrected chi connectivity index (χ2v) is 4.94. The molecule has 2 aliphatic rings. The van der Waals surface area contributed by atoms with E-state index in [9.17, 15) is 4.79 Å². The molecule has 2 fully saturated rings. The van der Waals surface area contributed by atoms with Gasteiger partial charge in [-0.05, 0) is 38.6 Å². The fraction of sp³-hybridized carbons (Fsp3) is 0.917. The average Bonchev–Trinajstić information content (AvgIpc) is 2.23. The summed E-state index contributed by atoms with van der Waals surface area (Å²) < 4.78 is 0. The number of hydrogen-bond acceptors (Lipinski definition) is 2. The van der Waals surface area contributed by atoms with Crippen LogP contribution in [0.4, 0.5) is 0 Å². The summed E-state index contributed by atoms with van der Waals surface area (Å²) in [5.41, 5.74) is 0. The summed E-state index contributed by atoms with van der Waals surface area (Å²) in [6.45, 7) is 1.91. The first-order valence-electron chi connectivity index (χ1n) is 6.24. The third kappa shape index (κ3) is 3.36. The zero-order valence-electron chi connectivity index (χ0n) is 10.1. The minimum Gasteiger partial charge on any atom is -0.343 e. The van der Waals surface area contributed by atoms with Crippen LogP contribution in [0.5, 0.6) is 0 Å². The summed E-state index contributed by atoms with van der Waals surface area (Å²) in [5.74, 6) is 1.11. The zero-order chi connectivity index (χ0) is 10.7. The van der Waals surface area contributed by atoms with E-state index in [0.29, 0.717) is 17.9 Å². The van der Waals surface area contributed by atoms with Gasteiger partial charge in [-0.15, -0.1) is 12.4 Å². The molecular formula is C12H23ClN2O. The Morgan fingerprint density at radius 3 is 2.31 bits per heavy atom. The molecule has 94 valence electrons. The minimum atomic E-state index is 0. The Labute approximate surface area is 104 Å². The molecule has 2 rings (SSSR count). The summed E-state index contributed by atoms with van der Waals surface area (Å²) in [6, 6.07) is 0.623. The van der Waals surface area contributed by atoms with E-state index in [1.807, 2.05) is 7.05 Å². The van der Waals surface area contributed by atoms with Crippen LogP contribution in [-0.2, 0) is 4.79 Å². The van der Waals surface area contributed by atoms with Gasteiger partial charge in [0, 0.05) is 25.6 Å². The Balaban J connectivity index is 0.00000128. The molecular weight excluding hydrogens is 224 g/mol. The van der Waals surface area contributed by atoms with Crippen molar-refractivity contribution < 1.29 is 4.79 Å². The molecule has 1 amide bonds. The number of carbonyl (C=O) groups excluding carboxylic acids is 1. The lowest BCUT2D eigenvalue weighted by molar-refractivity contribution is -0.133. The Bertz CT molecular complexity index is 223. The number of hydrogen-bond donors (Lipinski definition) is 1. The van der Waals surface area contributed by atoms with Gasteiger partial charge < -0.3 is 10.2 Å². The number of likely N-dealkylation sites (tertiary alicyclic amines) is 1. The van der Waals surface area contributed by atoms with E-state index < -0.39 is 0 Å². The molecule has 3 nitrogen and oxygen atoms in total. The summed E-state index contributed by atoms with van der Waals surface area (Å²) in [7, 11) is 2.01. The molecule has 1 N–H and O–H groups in total. The molecule has 0 spiro atoms. The zero-order valence-corrected chi connectivity index (χ0v) is 10.9. The summed E-state index contributed by atoms with van der Waals surface area (Å²) in [6.07, 6.45) is 6.93. The molecule has 1 saturated heterocycles. The van der Waals surface area contributed by atoms with Crippen LogP contribution in [-0.4, -0.2) is 37.0 Å². The first kappa shape index (κ1) is 13.8. The highest BCUT2D eigenvalue weighted by Crippen LogP contribution is 2.30. The van der Waals surface area contributed by atoms with Crippen LogP contribution >= 0.6 is 12.4 Å². The van der Waals surface area contributed by atoms with Crippen molar-refractivity contribution in [1.29, 1.82) is 0 Å². The van der Waals surface area contributed by atoms with Crippen LogP contribution in [0, 0.1) is 5.92 Å². The van der Waals surface area contributed by atoms with Gasteiger partial charge in [0.15, 0.2) is 0 Å². The Kier molecular flexibility index (Phi) is 5.56. The SMILES string of the molecule is CNC1CCN(C(=O)CC2CCC2)CC1.Cl. The van der Waals surface area contributed by atoms with Crippen LogP contribution in [0.1, 0.15) is 38.5 Å². The van der Waals surface area contributed by atoms with Gasteiger partial charge in [-0.2, -0.15) is 0 Å². The average molecular weight is 247 g/mol. The molecule has 1 saturated carbocycles. The van der Waals surface area contributed by atoms with E-state index in [4.69, 9.17) is 0 Å². The lowest BCUT2D eigenvalue weighted by Gasteiger charge is -2.34. The third-order valence-electron chi connectivity index (χ3n) is 3.94. The maximum atomic E-state index is 11.9. The Morgan fingerprint density at radius 2 is 1.88 bits per heavy atom. The van der Waals surface area contributed by atoms with Gasteiger partial charge in [0.2, 0.25) is 5.91 Å². The smallest absolute Gasteiger partial charge is 0.222 e. The third-order valence-corrected chi connectivity index (χ3v) is 3.94. The van der Waals surface area contributed by atoms with E-state index in [1.165, 1.54) is 19.3 Å². The summed E-state index contributed by atoms with van der Waals surface area (Å²) in [4.78, 5) is 14.0. The summed E-state index contributed by atoms with van der Waals surface area (Å²) in [5, 5.41) is 3.29. The first-order valence-corrected chi connectivity index (χ1v) is 6.24. The quantitative estimate of drug-likeness (QED) is 0.824. The van der Waals surface area contributed by atoms with Crippen LogP contribution in [0.15, 0.2) is 0 Å². The van der Waals surface area contributed by atoms with Gasteiger partial charge in [-0.3, -0.25) is 4.79 Å². The van der Waals surface area contributed by atoms with Gasteiger partial charge in [0.1, 0.15) is 0 Å². The molecule has 4 heteroatoms. The number of rotatable bonds is 3. The number of halogens is 1. The van der Waals surface area contributed by atoms with E-state index in [1.54, 1.807) is 0 Å². The highest BCUT2D eigenvalue weighted by molar-refractivity contribution is 5.85. The summed E-state index contributed by atoms with van der Waals surface area (Å²) >= 11 is 0. The van der Waals surface area contributed by atoms with Crippen LogP contribution in [0.3, 0.4) is 0 Å². The Hall–Kier alpha value is -0.280. The molecule has 1 aliphatic heterocycles. The fourth-order valence-corrected chi connectivity index (χ4v) is 2.49. The van der Waals surface area contributed by atoms with Crippen molar-refractivity contribution in [2.24, 2.45) is 5.92 Å². The van der Waals surface area contributed by atoms with Gasteiger partial charge in [-0.1, -0.05) is 6.42 Å². The van der Waals surface area contributed by atoms with Gasteiger partial charge in [0.05, 0.1) is 0 Å². The number of nitrogens with zero attached hydrogens (tertiary/aromatic N) is 1. The van der Waals surface area contributed by atoms with Crippen molar-refractivity contribution in [2.75, 3.05) is 20.1 Å². The predicted octanol–water partition coefficient (Wildman–Crippen LogP) is 1.81. The first-order chi connectivity index (χ1) is 7.29. The number of carbonyl (C=O) groups is 1. The molecule has 0 bridgehead atoms. The number of piperidine rings is 1. The van der Waals surface area contributed by atoms with Crippen molar-refractivity contribution in [1.82, 2.24) is 10.2 Å². The van der Waals surface area contributed by atoms with Crippen molar-refractivity contribution >= 4 is 18.3 Å². The molecule has 0 aromatic carbocycles. The normalized spacial score (nSPS) is 22.4. The van der Waals surface area contributed by atoms with Crippen LogP contribution < -0.4 is 5.32 Å². The standard InChI is InChI=1S/C12H22N2O.ClH/c1-13-11-5-7-14(8-6-11)12(15)9-10-3-2-4-10;/h10-11,13H,2-9H2,1H3;1H. The van der Waals surface area contributed by atoms with Gasteiger partial charge in [0.25, 0.3) is 0 Å². The maximum Gasteiger partial charge on any atom is 0.222 e. The maximum absolute atomic E-state index is 11.9. The molecule has 1 heterocycles. The largest absolute Gasteiger partial charge is 0.343 e. The second kappa shape index (κ2) is 6.45. The molecule has 0 unspecified atom stereocenters. The van der Waals surface area contributed by atoms with Crippen LogP contribution in [0.2, 0.25) is 0 Å². The lowest BCUT2D eigenvalue weighted by Crippen LogP contribution is -2.44. The van der Waals surface area contributed by atoms with E-state index in [2.05, 4.69) is 10.2 Å². The molecule has 0 aromatic rings. The fourth-order valence-electron chi connectivity index (χ4n) is 2.49. The van der Waals surface area contributed by atoms with Crippen molar-refractivity contribution in [3.63, 3.8) is 0 Å². The van der Waals surface area contributed by atoms with Gasteiger partial charge in [-0.25, -0.2) is 0 Å². The van der Waals surface area contributed by atoms with E-state index in [-0.39, 0.29) is 12.4 Å². The Morgan fingerprint density at radius 1 is 1.25 bits per heavy atom. The molecule has 0 atom stereocenters. The van der Waals surface area contributed by atoms with E-state index >= 15 is 0 Å². The molecule has 0 radical (unpaired) electrons. The highest BCUT2D eigenvalue weighted by Gasteiger charge is 2.26. The minimum absolute atomic E-state index is 0. The lowest BCUT2D eigenvalue weighted by atomic mass is 9.82. The topological polar surface area (TPSA) is 32.3 Å². The highest BCUT2D eigenvalue weighted by atomic mass is 35.5. The monoisotopic (exact) mass is 246 g/mol. The predicted molar refractivity (Wildman–Crippen MR) is 67.9 cm³/mol. The van der Waals surface area contributed by atoms with Crippen molar-refractivity contribution in [3.05, 3.63) is 0 Å².